The molecule has 3 heteroatoms. The van der Waals surface area contributed by atoms with Gasteiger partial charge in [-0.2, -0.15) is 0 Å². The molecule has 0 bridgehead atoms. The molecule has 0 aromatic heterocycles. The fourth-order valence-corrected chi connectivity index (χ4v) is 2.85. The van der Waals surface area contributed by atoms with Crippen molar-refractivity contribution in [2.75, 3.05) is 7.11 Å². The van der Waals surface area contributed by atoms with Crippen molar-refractivity contribution in [1.82, 2.24) is 0 Å². The van der Waals surface area contributed by atoms with Crippen LogP contribution >= 0.6 is 0 Å². The van der Waals surface area contributed by atoms with Gasteiger partial charge in [0.1, 0.15) is 5.75 Å². The van der Waals surface area contributed by atoms with Crippen LogP contribution in [0.15, 0.2) is 36.4 Å². The number of rotatable bonds is 6. The van der Waals surface area contributed by atoms with Crippen molar-refractivity contribution in [1.29, 1.82) is 0 Å². The number of carbonyl (C=O) groups is 1. The van der Waals surface area contributed by atoms with Crippen LogP contribution in [0.5, 0.6) is 5.75 Å². The van der Waals surface area contributed by atoms with E-state index in [4.69, 9.17) is 4.74 Å². The topological polar surface area (TPSA) is 46.5 Å². The first kappa shape index (κ1) is 17.1. The van der Waals surface area contributed by atoms with E-state index in [-0.39, 0.29) is 0 Å². The van der Waals surface area contributed by atoms with Crippen LogP contribution in [0.2, 0.25) is 0 Å². The summed E-state index contributed by atoms with van der Waals surface area (Å²) in [6.07, 6.45) is 1.33. The molecule has 0 aliphatic rings. The highest BCUT2D eigenvalue weighted by atomic mass is 16.5. The molecule has 0 saturated carbocycles. The SMILES string of the molecule is CCc1ccc(OC)c(C(Cc2cc(C)ccc2C)C(=O)O)c1. The third-order valence-electron chi connectivity index (χ3n) is 4.30. The lowest BCUT2D eigenvalue weighted by molar-refractivity contribution is -0.138. The third-order valence-corrected chi connectivity index (χ3v) is 4.30. The molecular weight excluding hydrogens is 288 g/mol. The van der Waals surface area contributed by atoms with E-state index in [1.807, 2.05) is 44.2 Å². The maximum Gasteiger partial charge on any atom is 0.311 e. The molecule has 1 unspecified atom stereocenters. The number of aryl methyl sites for hydroxylation is 3. The minimum Gasteiger partial charge on any atom is -0.496 e. The van der Waals surface area contributed by atoms with Gasteiger partial charge in [0.05, 0.1) is 13.0 Å². The average molecular weight is 312 g/mol. The summed E-state index contributed by atoms with van der Waals surface area (Å²) in [5.41, 5.74) is 5.20. The van der Waals surface area contributed by atoms with Crippen LogP contribution < -0.4 is 4.74 Å². The van der Waals surface area contributed by atoms with Crippen molar-refractivity contribution in [3.8, 4) is 5.75 Å². The maximum absolute atomic E-state index is 11.9. The van der Waals surface area contributed by atoms with Crippen molar-refractivity contribution < 1.29 is 14.6 Å². The van der Waals surface area contributed by atoms with Gasteiger partial charge < -0.3 is 9.84 Å². The van der Waals surface area contributed by atoms with E-state index < -0.39 is 11.9 Å². The highest BCUT2D eigenvalue weighted by Gasteiger charge is 2.25. The Morgan fingerprint density at radius 2 is 1.91 bits per heavy atom. The van der Waals surface area contributed by atoms with Crippen LogP contribution in [0.1, 0.15) is 40.7 Å². The molecule has 2 aromatic carbocycles. The van der Waals surface area contributed by atoms with Crippen LogP contribution in [0.4, 0.5) is 0 Å². The van der Waals surface area contributed by atoms with E-state index in [1.54, 1.807) is 7.11 Å². The molecule has 0 spiro atoms. The van der Waals surface area contributed by atoms with Crippen molar-refractivity contribution in [2.45, 2.75) is 39.5 Å². The second-order valence-electron chi connectivity index (χ2n) is 5.95. The first-order valence-electron chi connectivity index (χ1n) is 7.92. The second kappa shape index (κ2) is 7.32. The largest absolute Gasteiger partial charge is 0.496 e. The number of carboxylic acids is 1. The Labute approximate surface area is 137 Å². The number of hydrogen-bond acceptors (Lipinski definition) is 2. The molecule has 1 atom stereocenters. The van der Waals surface area contributed by atoms with Crippen molar-refractivity contribution >= 4 is 5.97 Å². The lowest BCUT2D eigenvalue weighted by Gasteiger charge is -2.18. The quantitative estimate of drug-likeness (QED) is 0.865. The van der Waals surface area contributed by atoms with Gasteiger partial charge in [-0.3, -0.25) is 4.79 Å². The number of carboxylic acid groups (broad SMARTS) is 1. The van der Waals surface area contributed by atoms with Crippen LogP contribution in [-0.2, 0) is 17.6 Å². The molecule has 122 valence electrons. The van der Waals surface area contributed by atoms with Gasteiger partial charge in [-0.05, 0) is 49.4 Å². The summed E-state index contributed by atoms with van der Waals surface area (Å²) in [5, 5.41) is 9.78. The molecule has 2 rings (SSSR count). The Kier molecular flexibility index (Phi) is 5.43. The van der Waals surface area contributed by atoms with E-state index in [1.165, 1.54) is 0 Å². The molecule has 23 heavy (non-hydrogen) atoms. The smallest absolute Gasteiger partial charge is 0.311 e. The second-order valence-corrected chi connectivity index (χ2v) is 5.95. The molecule has 0 fully saturated rings. The number of benzene rings is 2. The summed E-state index contributed by atoms with van der Waals surface area (Å²) < 4.78 is 5.40. The van der Waals surface area contributed by atoms with Crippen LogP contribution in [-0.4, -0.2) is 18.2 Å². The number of methoxy groups -OCH3 is 1. The average Bonchev–Trinajstić information content (AvgIpc) is 2.54. The van der Waals surface area contributed by atoms with Gasteiger partial charge in [-0.1, -0.05) is 42.8 Å². The minimum absolute atomic E-state index is 0.465. The van der Waals surface area contributed by atoms with Gasteiger partial charge >= 0.3 is 5.97 Å². The molecule has 3 nitrogen and oxygen atoms in total. The number of ether oxygens (including phenoxy) is 1. The Bertz CT molecular complexity index is 704. The third kappa shape index (κ3) is 3.92. The van der Waals surface area contributed by atoms with Crippen molar-refractivity contribution in [3.63, 3.8) is 0 Å². The lowest BCUT2D eigenvalue weighted by Crippen LogP contribution is -2.16. The van der Waals surface area contributed by atoms with E-state index in [0.29, 0.717) is 12.2 Å². The molecule has 0 amide bonds. The Balaban J connectivity index is 2.46. The van der Waals surface area contributed by atoms with E-state index in [2.05, 4.69) is 13.0 Å². The zero-order chi connectivity index (χ0) is 17.0. The molecule has 0 radical (unpaired) electrons. The summed E-state index contributed by atoms with van der Waals surface area (Å²) >= 11 is 0. The molecule has 0 aliphatic carbocycles. The van der Waals surface area contributed by atoms with E-state index in [0.717, 1.165) is 34.2 Å². The van der Waals surface area contributed by atoms with Gasteiger partial charge in [-0.25, -0.2) is 0 Å². The standard InChI is InChI=1S/C20H24O3/c1-5-15-8-9-19(23-4)17(11-15)18(20(21)22)12-16-10-13(2)6-7-14(16)3/h6-11,18H,5,12H2,1-4H3,(H,21,22). The van der Waals surface area contributed by atoms with Gasteiger partial charge in [0.25, 0.3) is 0 Å². The van der Waals surface area contributed by atoms with Crippen LogP contribution in [0.25, 0.3) is 0 Å². The van der Waals surface area contributed by atoms with Crippen LogP contribution in [0, 0.1) is 13.8 Å². The summed E-state index contributed by atoms with van der Waals surface area (Å²) in [6.45, 7) is 6.11. The monoisotopic (exact) mass is 312 g/mol. The van der Waals surface area contributed by atoms with Crippen LogP contribution in [0.3, 0.4) is 0 Å². The molecule has 0 heterocycles. The van der Waals surface area contributed by atoms with Gasteiger partial charge in [0.15, 0.2) is 0 Å². The molecule has 1 N–H and O–H groups in total. The Morgan fingerprint density at radius 3 is 2.52 bits per heavy atom. The first-order chi connectivity index (χ1) is 11.0. The molecule has 0 saturated heterocycles. The fourth-order valence-electron chi connectivity index (χ4n) is 2.85. The molecular formula is C20H24O3. The highest BCUT2D eigenvalue weighted by molar-refractivity contribution is 5.78. The zero-order valence-corrected chi connectivity index (χ0v) is 14.2. The summed E-state index contributed by atoms with van der Waals surface area (Å²) in [4.78, 5) is 11.9. The number of hydrogen-bond donors (Lipinski definition) is 1. The zero-order valence-electron chi connectivity index (χ0n) is 14.2. The Morgan fingerprint density at radius 1 is 1.17 bits per heavy atom. The van der Waals surface area contributed by atoms with E-state index in [9.17, 15) is 9.90 Å². The summed E-state index contributed by atoms with van der Waals surface area (Å²) in [6, 6.07) is 12.0. The molecule has 0 aliphatic heterocycles. The highest BCUT2D eigenvalue weighted by Crippen LogP contribution is 2.32. The number of aliphatic carboxylic acids is 1. The van der Waals surface area contributed by atoms with Gasteiger partial charge in [0.2, 0.25) is 0 Å². The van der Waals surface area contributed by atoms with Crippen molar-refractivity contribution in [2.24, 2.45) is 0 Å². The van der Waals surface area contributed by atoms with Gasteiger partial charge in [-0.15, -0.1) is 0 Å². The fraction of sp³-hybridized carbons (Fsp3) is 0.350. The van der Waals surface area contributed by atoms with Crippen molar-refractivity contribution in [3.05, 3.63) is 64.2 Å². The first-order valence-corrected chi connectivity index (χ1v) is 7.92. The summed E-state index contributed by atoms with van der Waals surface area (Å²) in [5.74, 6) is -0.797. The normalized spacial score (nSPS) is 12.0. The lowest BCUT2D eigenvalue weighted by atomic mass is 9.88. The summed E-state index contributed by atoms with van der Waals surface area (Å²) in [7, 11) is 1.58. The predicted molar refractivity (Wildman–Crippen MR) is 92.4 cm³/mol. The maximum atomic E-state index is 11.9. The minimum atomic E-state index is -0.822. The predicted octanol–water partition coefficient (Wildman–Crippen LogP) is 4.29. The van der Waals surface area contributed by atoms with E-state index >= 15 is 0 Å². The molecule has 2 aromatic rings. The van der Waals surface area contributed by atoms with Gasteiger partial charge in [0, 0.05) is 5.56 Å². The Hall–Kier alpha value is -2.29.